The fourth-order valence-corrected chi connectivity index (χ4v) is 2.35. The van der Waals surface area contributed by atoms with Crippen LogP contribution in [0.4, 0.5) is 0 Å². The first-order valence-electron chi connectivity index (χ1n) is 7.02. The minimum atomic E-state index is -2.30. The lowest BCUT2D eigenvalue weighted by molar-refractivity contribution is -0.190. The Morgan fingerprint density at radius 2 is 1.65 bits per heavy atom. The lowest BCUT2D eigenvalue weighted by Gasteiger charge is -2.26. The van der Waals surface area contributed by atoms with E-state index in [1.54, 1.807) is 18.2 Å². The third kappa shape index (κ3) is 3.73. The van der Waals surface area contributed by atoms with Crippen molar-refractivity contribution < 1.29 is 29.9 Å². The predicted octanol–water partition coefficient (Wildman–Crippen LogP) is 1.67. The van der Waals surface area contributed by atoms with Crippen LogP contribution in [0.2, 0.25) is 0 Å². The van der Waals surface area contributed by atoms with E-state index in [2.05, 4.69) is 0 Å². The van der Waals surface area contributed by atoms with Crippen LogP contribution < -0.4 is 9.47 Å². The molecule has 0 spiro atoms. The number of hydrogen-bond acceptors (Lipinski definition) is 6. The van der Waals surface area contributed by atoms with Crippen LogP contribution in [0, 0.1) is 0 Å². The molecule has 0 saturated carbocycles. The number of benzene rings is 2. The van der Waals surface area contributed by atoms with Crippen LogP contribution in [0.1, 0.15) is 23.7 Å². The number of methoxy groups -OCH3 is 2. The zero-order chi connectivity index (χ0) is 17.0. The van der Waals surface area contributed by atoms with Crippen molar-refractivity contribution in [3.8, 4) is 17.2 Å². The molecule has 0 bridgehead atoms. The molecule has 0 radical (unpaired) electrons. The molecule has 0 amide bonds. The van der Waals surface area contributed by atoms with Crippen molar-refractivity contribution in [3.05, 3.63) is 53.6 Å². The van der Waals surface area contributed by atoms with Crippen LogP contribution in [-0.4, -0.2) is 34.6 Å². The third-order valence-electron chi connectivity index (χ3n) is 3.62. The molecule has 0 aliphatic rings. The molecule has 2 rings (SSSR count). The van der Waals surface area contributed by atoms with E-state index < -0.39 is 18.3 Å². The van der Waals surface area contributed by atoms with Crippen LogP contribution in [0.5, 0.6) is 17.2 Å². The molecule has 23 heavy (non-hydrogen) atoms. The van der Waals surface area contributed by atoms with Crippen LogP contribution in [0.15, 0.2) is 42.5 Å². The molecule has 0 heterocycles. The maximum absolute atomic E-state index is 10.3. The number of aromatic hydroxyl groups is 1. The maximum atomic E-state index is 10.3. The van der Waals surface area contributed by atoms with Gasteiger partial charge in [-0.1, -0.05) is 18.2 Å². The lowest BCUT2D eigenvalue weighted by Crippen LogP contribution is -2.27. The van der Waals surface area contributed by atoms with Crippen LogP contribution in [-0.2, 0) is 5.79 Å². The zero-order valence-electron chi connectivity index (χ0n) is 12.9. The quantitative estimate of drug-likeness (QED) is 0.604. The van der Waals surface area contributed by atoms with Gasteiger partial charge in [0, 0.05) is 17.5 Å². The Bertz CT molecular complexity index is 668. The van der Waals surface area contributed by atoms with Gasteiger partial charge in [0.15, 0.2) is 17.3 Å². The lowest BCUT2D eigenvalue weighted by atomic mass is 9.95. The summed E-state index contributed by atoms with van der Waals surface area (Å²) in [6, 6.07) is 10.6. The number of aliphatic hydroxyl groups excluding tert-OH is 1. The van der Waals surface area contributed by atoms with Crippen molar-refractivity contribution in [2.24, 2.45) is 0 Å². The van der Waals surface area contributed by atoms with Gasteiger partial charge in [0.2, 0.25) is 0 Å². The summed E-state index contributed by atoms with van der Waals surface area (Å²) in [4.78, 5) is 0. The first-order chi connectivity index (χ1) is 10.9. The topological polar surface area (TPSA) is 99.4 Å². The van der Waals surface area contributed by atoms with Crippen molar-refractivity contribution in [1.29, 1.82) is 0 Å². The molecule has 0 fully saturated rings. The summed E-state index contributed by atoms with van der Waals surface area (Å²) in [5, 5.41) is 40.5. The molecule has 0 saturated heterocycles. The van der Waals surface area contributed by atoms with Crippen molar-refractivity contribution in [1.82, 2.24) is 0 Å². The van der Waals surface area contributed by atoms with Gasteiger partial charge in [0.05, 0.1) is 20.3 Å². The second kappa shape index (κ2) is 6.87. The highest BCUT2D eigenvalue weighted by Gasteiger charge is 2.31. The van der Waals surface area contributed by atoms with Gasteiger partial charge in [0.25, 0.3) is 0 Å². The molecule has 4 N–H and O–H groups in total. The molecule has 124 valence electrons. The van der Waals surface area contributed by atoms with E-state index in [9.17, 15) is 20.4 Å². The first kappa shape index (κ1) is 17.1. The summed E-state index contributed by atoms with van der Waals surface area (Å²) in [5.74, 6) is -1.62. The maximum Gasteiger partial charge on any atom is 0.192 e. The molecule has 0 aliphatic carbocycles. The normalized spacial score (nSPS) is 12.7. The van der Waals surface area contributed by atoms with E-state index in [1.165, 1.54) is 38.5 Å². The van der Waals surface area contributed by atoms with E-state index in [0.29, 0.717) is 11.5 Å². The fraction of sp³-hybridized carbons (Fsp3) is 0.294. The zero-order valence-corrected chi connectivity index (χ0v) is 12.9. The van der Waals surface area contributed by atoms with Gasteiger partial charge in [-0.2, -0.15) is 0 Å². The molecule has 6 nitrogen and oxygen atoms in total. The molecular formula is C17H20O6. The Kier molecular flexibility index (Phi) is 5.10. The molecule has 2 aromatic rings. The van der Waals surface area contributed by atoms with E-state index in [-0.39, 0.29) is 16.9 Å². The van der Waals surface area contributed by atoms with Gasteiger partial charge >= 0.3 is 0 Å². The van der Waals surface area contributed by atoms with Gasteiger partial charge in [-0.15, -0.1) is 0 Å². The van der Waals surface area contributed by atoms with Crippen LogP contribution in [0.3, 0.4) is 0 Å². The van der Waals surface area contributed by atoms with Crippen LogP contribution in [0.25, 0.3) is 0 Å². The van der Waals surface area contributed by atoms with Crippen LogP contribution >= 0.6 is 0 Å². The van der Waals surface area contributed by atoms with Gasteiger partial charge in [-0.3, -0.25) is 0 Å². The van der Waals surface area contributed by atoms with E-state index in [4.69, 9.17) is 9.47 Å². The van der Waals surface area contributed by atoms with E-state index >= 15 is 0 Å². The molecule has 0 aliphatic heterocycles. The minimum Gasteiger partial charge on any atom is -0.508 e. The number of ether oxygens (including phenoxy) is 2. The summed E-state index contributed by atoms with van der Waals surface area (Å²) in [6.07, 6.45) is -1.67. The Morgan fingerprint density at radius 1 is 1.00 bits per heavy atom. The summed E-state index contributed by atoms with van der Waals surface area (Å²) in [5.41, 5.74) is 0.366. The molecule has 1 unspecified atom stereocenters. The Hall–Kier alpha value is -2.28. The van der Waals surface area contributed by atoms with Crippen molar-refractivity contribution in [2.75, 3.05) is 14.2 Å². The number of hydrogen-bond donors (Lipinski definition) is 4. The van der Waals surface area contributed by atoms with Crippen molar-refractivity contribution in [2.45, 2.75) is 18.3 Å². The molecule has 2 aromatic carbocycles. The van der Waals surface area contributed by atoms with Gasteiger partial charge < -0.3 is 29.9 Å². The highest BCUT2D eigenvalue weighted by Crippen LogP contribution is 2.36. The van der Waals surface area contributed by atoms with Gasteiger partial charge in [-0.05, 0) is 24.3 Å². The minimum absolute atomic E-state index is 0.108. The first-order valence-corrected chi connectivity index (χ1v) is 7.02. The number of rotatable bonds is 6. The summed E-state index contributed by atoms with van der Waals surface area (Å²) in [7, 11) is 2.92. The second-order valence-electron chi connectivity index (χ2n) is 5.17. The highest BCUT2D eigenvalue weighted by molar-refractivity contribution is 5.44. The monoisotopic (exact) mass is 320 g/mol. The van der Waals surface area contributed by atoms with E-state index in [1.807, 2.05) is 0 Å². The predicted molar refractivity (Wildman–Crippen MR) is 83.3 cm³/mol. The molecule has 1 atom stereocenters. The fourth-order valence-electron chi connectivity index (χ4n) is 2.35. The smallest absolute Gasteiger partial charge is 0.192 e. The Morgan fingerprint density at radius 3 is 2.26 bits per heavy atom. The summed E-state index contributed by atoms with van der Waals surface area (Å²) < 4.78 is 10.2. The second-order valence-corrected chi connectivity index (χ2v) is 5.17. The van der Waals surface area contributed by atoms with Crippen molar-refractivity contribution in [3.63, 3.8) is 0 Å². The average molecular weight is 320 g/mol. The standard InChI is InChI=1S/C17H20O6/c1-22-15-8-7-11(9-16(15)23-2)17(20,21)10-14(19)12-5-3-4-6-13(12)18/h3-9,14,18-21H,10H2,1-2H3. The number of para-hydroxylation sites is 1. The average Bonchev–Trinajstić information content (AvgIpc) is 2.54. The molecule has 0 aromatic heterocycles. The SMILES string of the molecule is COc1ccc(C(O)(O)CC(O)c2ccccc2O)cc1OC. The number of aliphatic hydroxyl groups is 3. The largest absolute Gasteiger partial charge is 0.508 e. The number of phenols is 1. The van der Waals surface area contributed by atoms with Crippen molar-refractivity contribution >= 4 is 0 Å². The molecular weight excluding hydrogens is 300 g/mol. The van der Waals surface area contributed by atoms with Gasteiger partial charge in [0.1, 0.15) is 5.75 Å². The Labute approximate surface area is 134 Å². The van der Waals surface area contributed by atoms with E-state index in [0.717, 1.165) is 0 Å². The summed E-state index contributed by atoms with van der Waals surface area (Å²) in [6.45, 7) is 0. The highest BCUT2D eigenvalue weighted by atomic mass is 16.5. The molecule has 6 heteroatoms. The summed E-state index contributed by atoms with van der Waals surface area (Å²) >= 11 is 0. The van der Waals surface area contributed by atoms with Gasteiger partial charge in [-0.25, -0.2) is 0 Å². The Balaban J connectivity index is 2.26. The third-order valence-corrected chi connectivity index (χ3v) is 3.62. The number of phenolic OH excluding ortho intramolecular Hbond substituents is 1.